The molecule has 6 heteroatoms. The van der Waals surface area contributed by atoms with E-state index in [2.05, 4.69) is 17.1 Å². The molecule has 0 amide bonds. The van der Waals surface area contributed by atoms with Crippen LogP contribution in [0.4, 0.5) is 0 Å². The number of ether oxygens (including phenoxy) is 1. The fourth-order valence-electron chi connectivity index (χ4n) is 2.31. The minimum atomic E-state index is -0.337. The number of halogens is 1. The van der Waals surface area contributed by atoms with Gasteiger partial charge in [0, 0.05) is 25.7 Å². The third-order valence-electron chi connectivity index (χ3n) is 3.21. The Bertz CT molecular complexity index is 434. The third kappa shape index (κ3) is 3.96. The van der Waals surface area contributed by atoms with E-state index < -0.39 is 0 Å². The van der Waals surface area contributed by atoms with E-state index in [9.17, 15) is 4.79 Å². The molecule has 0 spiro atoms. The summed E-state index contributed by atoms with van der Waals surface area (Å²) in [5.41, 5.74) is 0.524. The average Bonchev–Trinajstić information content (AvgIpc) is 2.69. The maximum atomic E-state index is 11.5. The Balaban J connectivity index is 0.00000180. The van der Waals surface area contributed by atoms with Crippen molar-refractivity contribution in [2.24, 2.45) is 0 Å². The van der Waals surface area contributed by atoms with E-state index in [-0.39, 0.29) is 18.4 Å². The van der Waals surface area contributed by atoms with Gasteiger partial charge in [0.2, 0.25) is 0 Å². The van der Waals surface area contributed by atoms with Gasteiger partial charge in [-0.3, -0.25) is 4.90 Å². The molecule has 1 aromatic heterocycles. The van der Waals surface area contributed by atoms with Gasteiger partial charge in [0.15, 0.2) is 0 Å². The summed E-state index contributed by atoms with van der Waals surface area (Å²) < 4.78 is 10.3. The molecule has 1 N–H and O–H groups in total. The van der Waals surface area contributed by atoms with E-state index in [0.29, 0.717) is 17.4 Å². The maximum Gasteiger partial charge on any atom is 0.341 e. The molecule has 2 heterocycles. The number of hydrogen-bond donors (Lipinski definition) is 1. The SMILES string of the molecule is COC(=O)c1cc(CN2CCN[C@@H](C)C2)oc1C.Cl. The standard InChI is InChI=1S/C13H20N2O3.ClH/c1-9-7-15(5-4-14-9)8-11-6-12(10(2)18-11)13(16)17-3;/h6,9,14H,4-5,7-8H2,1-3H3;1H/t9-;/m0./s1. The molecular weight excluding hydrogens is 268 g/mol. The van der Waals surface area contributed by atoms with Gasteiger partial charge in [-0.25, -0.2) is 4.79 Å². The van der Waals surface area contributed by atoms with E-state index in [0.717, 1.165) is 31.9 Å². The Labute approximate surface area is 119 Å². The highest BCUT2D eigenvalue weighted by Crippen LogP contribution is 2.17. The van der Waals surface area contributed by atoms with Crippen LogP contribution in [-0.2, 0) is 11.3 Å². The number of nitrogens with one attached hydrogen (secondary N) is 1. The van der Waals surface area contributed by atoms with Gasteiger partial charge in [0.05, 0.1) is 13.7 Å². The predicted octanol–water partition coefficient (Wildman–Crippen LogP) is 1.59. The molecule has 0 radical (unpaired) electrons. The Morgan fingerprint density at radius 3 is 3.00 bits per heavy atom. The predicted molar refractivity (Wildman–Crippen MR) is 74.8 cm³/mol. The summed E-state index contributed by atoms with van der Waals surface area (Å²) in [6.45, 7) is 7.68. The number of rotatable bonds is 3. The van der Waals surface area contributed by atoms with Gasteiger partial charge in [0.1, 0.15) is 17.1 Å². The number of furan rings is 1. The van der Waals surface area contributed by atoms with Gasteiger partial charge in [0.25, 0.3) is 0 Å². The van der Waals surface area contributed by atoms with E-state index in [1.54, 1.807) is 13.0 Å². The van der Waals surface area contributed by atoms with Crippen molar-refractivity contribution in [2.75, 3.05) is 26.7 Å². The lowest BCUT2D eigenvalue weighted by atomic mass is 10.2. The summed E-state index contributed by atoms with van der Waals surface area (Å²) in [5, 5.41) is 3.40. The number of methoxy groups -OCH3 is 1. The van der Waals surface area contributed by atoms with Crippen LogP contribution in [0.3, 0.4) is 0 Å². The summed E-state index contributed by atoms with van der Waals surface area (Å²) >= 11 is 0. The molecule has 1 aliphatic rings. The molecule has 0 saturated carbocycles. The Hall–Kier alpha value is -1.04. The van der Waals surface area contributed by atoms with Crippen LogP contribution in [0.2, 0.25) is 0 Å². The molecule has 1 aliphatic heterocycles. The minimum absolute atomic E-state index is 0. The quantitative estimate of drug-likeness (QED) is 0.856. The second-order valence-corrected chi connectivity index (χ2v) is 4.76. The first-order chi connectivity index (χ1) is 8.60. The van der Waals surface area contributed by atoms with Crippen LogP contribution < -0.4 is 5.32 Å². The zero-order valence-corrected chi connectivity index (χ0v) is 12.4. The zero-order chi connectivity index (χ0) is 13.1. The summed E-state index contributed by atoms with van der Waals surface area (Å²) in [6, 6.07) is 2.28. The fraction of sp³-hybridized carbons (Fsp3) is 0.615. The molecule has 0 aliphatic carbocycles. The van der Waals surface area contributed by atoms with Crippen LogP contribution in [0.15, 0.2) is 10.5 Å². The van der Waals surface area contributed by atoms with Crippen LogP contribution >= 0.6 is 12.4 Å². The van der Waals surface area contributed by atoms with E-state index in [4.69, 9.17) is 9.15 Å². The van der Waals surface area contributed by atoms with E-state index >= 15 is 0 Å². The largest absolute Gasteiger partial charge is 0.465 e. The number of nitrogens with zero attached hydrogens (tertiary/aromatic N) is 1. The molecule has 2 rings (SSSR count). The van der Waals surface area contributed by atoms with Gasteiger partial charge in [-0.15, -0.1) is 12.4 Å². The monoisotopic (exact) mass is 288 g/mol. The van der Waals surface area contributed by atoms with Crippen molar-refractivity contribution in [2.45, 2.75) is 26.4 Å². The topological polar surface area (TPSA) is 54.7 Å². The number of hydrogen-bond acceptors (Lipinski definition) is 5. The number of esters is 1. The normalized spacial score (nSPS) is 19.8. The van der Waals surface area contributed by atoms with Crippen molar-refractivity contribution in [3.05, 3.63) is 23.2 Å². The first kappa shape index (κ1) is 16.0. The van der Waals surface area contributed by atoms with Crippen LogP contribution in [-0.4, -0.2) is 43.7 Å². The summed E-state index contributed by atoms with van der Waals surface area (Å²) in [4.78, 5) is 13.8. The highest BCUT2D eigenvalue weighted by atomic mass is 35.5. The fourth-order valence-corrected chi connectivity index (χ4v) is 2.31. The highest BCUT2D eigenvalue weighted by molar-refractivity contribution is 5.90. The summed E-state index contributed by atoms with van der Waals surface area (Å²) in [5.74, 6) is 1.11. The van der Waals surface area contributed by atoms with Gasteiger partial charge in [-0.1, -0.05) is 0 Å². The minimum Gasteiger partial charge on any atom is -0.465 e. The smallest absolute Gasteiger partial charge is 0.341 e. The number of piperazine rings is 1. The number of carbonyl (C=O) groups is 1. The molecule has 5 nitrogen and oxygen atoms in total. The third-order valence-corrected chi connectivity index (χ3v) is 3.21. The maximum absolute atomic E-state index is 11.5. The lowest BCUT2D eigenvalue weighted by Gasteiger charge is -2.31. The van der Waals surface area contributed by atoms with E-state index in [1.165, 1.54) is 7.11 Å². The van der Waals surface area contributed by atoms with Gasteiger partial charge in [-0.2, -0.15) is 0 Å². The van der Waals surface area contributed by atoms with Crippen molar-refractivity contribution in [3.8, 4) is 0 Å². The molecule has 19 heavy (non-hydrogen) atoms. The summed E-state index contributed by atoms with van der Waals surface area (Å²) in [7, 11) is 1.38. The van der Waals surface area contributed by atoms with Gasteiger partial charge < -0.3 is 14.5 Å². The van der Waals surface area contributed by atoms with E-state index in [1.807, 2.05) is 0 Å². The molecular formula is C13H21ClN2O3. The summed E-state index contributed by atoms with van der Waals surface area (Å²) in [6.07, 6.45) is 0. The number of carbonyl (C=O) groups excluding carboxylic acids is 1. The van der Waals surface area contributed by atoms with Gasteiger partial charge >= 0.3 is 5.97 Å². The Morgan fingerprint density at radius 1 is 1.63 bits per heavy atom. The molecule has 1 saturated heterocycles. The molecule has 108 valence electrons. The van der Waals surface area contributed by atoms with Crippen LogP contribution in [0.25, 0.3) is 0 Å². The van der Waals surface area contributed by atoms with Crippen LogP contribution in [0, 0.1) is 6.92 Å². The van der Waals surface area contributed by atoms with Crippen molar-refractivity contribution < 1.29 is 13.9 Å². The van der Waals surface area contributed by atoms with Crippen LogP contribution in [0.5, 0.6) is 0 Å². The second kappa shape index (κ2) is 6.93. The van der Waals surface area contributed by atoms with Gasteiger partial charge in [-0.05, 0) is 19.9 Å². The zero-order valence-electron chi connectivity index (χ0n) is 11.6. The Morgan fingerprint density at radius 2 is 2.37 bits per heavy atom. The molecule has 0 bridgehead atoms. The lowest BCUT2D eigenvalue weighted by Crippen LogP contribution is -2.48. The molecule has 1 atom stereocenters. The average molecular weight is 289 g/mol. The first-order valence-corrected chi connectivity index (χ1v) is 6.23. The second-order valence-electron chi connectivity index (χ2n) is 4.76. The Kier molecular flexibility index (Phi) is 5.85. The molecule has 0 unspecified atom stereocenters. The van der Waals surface area contributed by atoms with Crippen molar-refractivity contribution in [1.29, 1.82) is 0 Å². The van der Waals surface area contributed by atoms with Crippen molar-refractivity contribution >= 4 is 18.4 Å². The van der Waals surface area contributed by atoms with Crippen molar-refractivity contribution in [1.82, 2.24) is 10.2 Å². The number of aryl methyl sites for hydroxylation is 1. The molecule has 1 aromatic rings. The lowest BCUT2D eigenvalue weighted by molar-refractivity contribution is 0.0599. The van der Waals surface area contributed by atoms with Crippen molar-refractivity contribution in [3.63, 3.8) is 0 Å². The molecule has 1 fully saturated rings. The highest BCUT2D eigenvalue weighted by Gasteiger charge is 2.20. The van der Waals surface area contributed by atoms with Crippen LogP contribution in [0.1, 0.15) is 28.8 Å². The first-order valence-electron chi connectivity index (χ1n) is 6.23. The molecule has 0 aromatic carbocycles.